The molecule has 1 aromatic heterocycles. The van der Waals surface area contributed by atoms with Crippen LogP contribution in [-0.2, 0) is 34.0 Å². The molecule has 0 aliphatic carbocycles. The lowest BCUT2D eigenvalue weighted by Crippen LogP contribution is -2.28. The van der Waals surface area contributed by atoms with Crippen LogP contribution in [0, 0.1) is 0 Å². The van der Waals surface area contributed by atoms with Gasteiger partial charge in [-0.25, -0.2) is 9.78 Å². The molecule has 0 saturated heterocycles. The van der Waals surface area contributed by atoms with Crippen molar-refractivity contribution in [3.05, 3.63) is 76.6 Å². The van der Waals surface area contributed by atoms with E-state index in [2.05, 4.69) is 15.6 Å². The van der Waals surface area contributed by atoms with Crippen LogP contribution in [0.15, 0.2) is 59.9 Å². The van der Waals surface area contributed by atoms with Gasteiger partial charge in [0.05, 0.1) is 42.1 Å². The van der Waals surface area contributed by atoms with Gasteiger partial charge in [-0.3, -0.25) is 9.59 Å². The molecule has 3 aromatic rings. The Labute approximate surface area is 211 Å². The Hall–Kier alpha value is -3.34. The number of halogens is 1. The van der Waals surface area contributed by atoms with Crippen LogP contribution in [0.1, 0.15) is 28.5 Å². The highest BCUT2D eigenvalue weighted by Crippen LogP contribution is 2.21. The minimum atomic E-state index is -0.524. The Morgan fingerprint density at radius 2 is 1.86 bits per heavy atom. The SMILES string of the molecule is CCOC(=O)c1ccccc1NC(=O)CSc1ncc(CO)n1CC(=O)NCc1ccc(Cl)cc1. The molecule has 0 unspecified atom stereocenters. The average Bonchev–Trinajstić information content (AvgIpc) is 3.24. The summed E-state index contributed by atoms with van der Waals surface area (Å²) in [7, 11) is 0. The highest BCUT2D eigenvalue weighted by Gasteiger charge is 2.17. The van der Waals surface area contributed by atoms with Gasteiger partial charge in [0, 0.05) is 11.6 Å². The van der Waals surface area contributed by atoms with Gasteiger partial charge in [-0.15, -0.1) is 0 Å². The second kappa shape index (κ2) is 12.9. The van der Waals surface area contributed by atoms with Gasteiger partial charge in [-0.2, -0.15) is 0 Å². The second-order valence-electron chi connectivity index (χ2n) is 7.28. The molecule has 11 heteroatoms. The number of aliphatic hydroxyl groups excluding tert-OH is 1. The molecule has 0 saturated carbocycles. The molecule has 3 N–H and O–H groups in total. The first-order valence-corrected chi connectivity index (χ1v) is 12.1. The summed E-state index contributed by atoms with van der Waals surface area (Å²) in [6.45, 7) is 1.87. The molecule has 35 heavy (non-hydrogen) atoms. The number of carbonyl (C=O) groups excluding carboxylic acids is 3. The normalized spacial score (nSPS) is 10.6. The lowest BCUT2D eigenvalue weighted by atomic mass is 10.2. The maximum atomic E-state index is 12.6. The van der Waals surface area contributed by atoms with E-state index in [0.29, 0.717) is 28.1 Å². The summed E-state index contributed by atoms with van der Waals surface area (Å²) in [6.07, 6.45) is 1.46. The van der Waals surface area contributed by atoms with E-state index in [9.17, 15) is 19.5 Å². The van der Waals surface area contributed by atoms with Gasteiger partial charge in [-0.1, -0.05) is 47.6 Å². The molecule has 0 bridgehead atoms. The number of para-hydroxylation sites is 1. The summed E-state index contributed by atoms with van der Waals surface area (Å²) in [4.78, 5) is 41.4. The number of rotatable bonds is 11. The molecule has 0 aliphatic rings. The van der Waals surface area contributed by atoms with E-state index in [1.807, 2.05) is 12.1 Å². The molecular weight excluding hydrogens is 492 g/mol. The highest BCUT2D eigenvalue weighted by molar-refractivity contribution is 7.99. The van der Waals surface area contributed by atoms with Crippen LogP contribution in [0.25, 0.3) is 0 Å². The van der Waals surface area contributed by atoms with Crippen molar-refractivity contribution in [1.29, 1.82) is 0 Å². The average molecular weight is 517 g/mol. The zero-order chi connectivity index (χ0) is 25.2. The number of anilines is 1. The maximum absolute atomic E-state index is 12.6. The molecular formula is C24H25ClN4O5S. The van der Waals surface area contributed by atoms with E-state index in [1.54, 1.807) is 47.9 Å². The monoisotopic (exact) mass is 516 g/mol. The van der Waals surface area contributed by atoms with Crippen molar-refractivity contribution in [2.45, 2.75) is 31.8 Å². The van der Waals surface area contributed by atoms with Crippen molar-refractivity contribution in [3.63, 3.8) is 0 Å². The number of imidazole rings is 1. The molecule has 184 valence electrons. The highest BCUT2D eigenvalue weighted by atomic mass is 35.5. The van der Waals surface area contributed by atoms with Crippen molar-refractivity contribution in [3.8, 4) is 0 Å². The molecule has 0 atom stereocenters. The summed E-state index contributed by atoms with van der Waals surface area (Å²) >= 11 is 6.99. The van der Waals surface area contributed by atoms with Gasteiger partial charge >= 0.3 is 5.97 Å². The third-order valence-corrected chi connectivity index (χ3v) is 6.04. The Morgan fingerprint density at radius 3 is 2.57 bits per heavy atom. The van der Waals surface area contributed by atoms with Crippen LogP contribution in [0.3, 0.4) is 0 Å². The summed E-state index contributed by atoms with van der Waals surface area (Å²) in [5.41, 5.74) is 1.94. The zero-order valence-corrected chi connectivity index (χ0v) is 20.6. The van der Waals surface area contributed by atoms with Crippen LogP contribution < -0.4 is 10.6 Å². The fourth-order valence-corrected chi connectivity index (χ4v) is 4.02. The minimum absolute atomic E-state index is 0.0224. The molecule has 0 radical (unpaired) electrons. The number of nitrogens with zero attached hydrogens (tertiary/aromatic N) is 2. The van der Waals surface area contributed by atoms with Gasteiger partial charge in [0.1, 0.15) is 6.54 Å². The number of aromatic nitrogens is 2. The van der Waals surface area contributed by atoms with E-state index < -0.39 is 5.97 Å². The van der Waals surface area contributed by atoms with Crippen molar-refractivity contribution in [2.75, 3.05) is 17.7 Å². The topological polar surface area (TPSA) is 123 Å². The first-order valence-electron chi connectivity index (χ1n) is 10.8. The molecule has 2 aromatic carbocycles. The van der Waals surface area contributed by atoms with Crippen molar-refractivity contribution < 1.29 is 24.2 Å². The largest absolute Gasteiger partial charge is 0.462 e. The number of esters is 1. The Balaban J connectivity index is 1.60. The predicted octanol–water partition coefficient (Wildman–Crippen LogP) is 3.25. The molecule has 1 heterocycles. The predicted molar refractivity (Wildman–Crippen MR) is 133 cm³/mol. The number of hydrogen-bond acceptors (Lipinski definition) is 7. The number of nitrogens with one attached hydrogen (secondary N) is 2. The number of ether oxygens (including phenoxy) is 1. The third kappa shape index (κ3) is 7.57. The standard InChI is InChI=1S/C24H25ClN4O5S/c1-2-34-23(33)19-5-3-4-6-20(19)28-22(32)15-35-24-27-12-18(14-30)29(24)13-21(31)26-11-16-7-9-17(25)10-8-16/h3-10,12,30H,2,11,13-15H2,1H3,(H,26,31)(H,28,32). The number of hydrogen-bond donors (Lipinski definition) is 3. The Morgan fingerprint density at radius 1 is 1.11 bits per heavy atom. The molecule has 0 aliphatic heterocycles. The number of thioether (sulfide) groups is 1. The van der Waals surface area contributed by atoms with Crippen LogP contribution in [0.5, 0.6) is 0 Å². The molecule has 0 fully saturated rings. The molecule has 2 amide bonds. The molecule has 3 rings (SSSR count). The Bertz CT molecular complexity index is 1180. The number of benzene rings is 2. The minimum Gasteiger partial charge on any atom is -0.462 e. The van der Waals surface area contributed by atoms with E-state index in [-0.39, 0.29) is 42.9 Å². The maximum Gasteiger partial charge on any atom is 0.340 e. The van der Waals surface area contributed by atoms with Gasteiger partial charge in [0.25, 0.3) is 0 Å². The number of amides is 2. The van der Waals surface area contributed by atoms with Crippen LogP contribution >= 0.6 is 23.4 Å². The van der Waals surface area contributed by atoms with Crippen LogP contribution in [0.2, 0.25) is 5.02 Å². The lowest BCUT2D eigenvalue weighted by molar-refractivity contribution is -0.122. The van der Waals surface area contributed by atoms with E-state index in [1.165, 1.54) is 6.20 Å². The first kappa shape index (κ1) is 26.3. The van der Waals surface area contributed by atoms with Crippen molar-refractivity contribution in [2.24, 2.45) is 0 Å². The summed E-state index contributed by atoms with van der Waals surface area (Å²) in [5, 5.41) is 16.2. The fraction of sp³-hybridized carbons (Fsp3) is 0.250. The Kier molecular flexibility index (Phi) is 9.71. The lowest BCUT2D eigenvalue weighted by Gasteiger charge is -2.12. The third-order valence-electron chi connectivity index (χ3n) is 4.80. The smallest absolute Gasteiger partial charge is 0.340 e. The van der Waals surface area contributed by atoms with Gasteiger partial charge in [0.15, 0.2) is 5.16 Å². The van der Waals surface area contributed by atoms with E-state index >= 15 is 0 Å². The van der Waals surface area contributed by atoms with Crippen molar-refractivity contribution in [1.82, 2.24) is 14.9 Å². The van der Waals surface area contributed by atoms with Gasteiger partial charge < -0.3 is 25.0 Å². The quantitative estimate of drug-likeness (QED) is 0.264. The van der Waals surface area contributed by atoms with Crippen molar-refractivity contribution >= 4 is 46.8 Å². The number of carbonyl (C=O) groups is 3. The van der Waals surface area contributed by atoms with Gasteiger partial charge in [0.2, 0.25) is 11.8 Å². The van der Waals surface area contributed by atoms with E-state index in [0.717, 1.165) is 17.3 Å². The second-order valence-corrected chi connectivity index (χ2v) is 8.66. The summed E-state index contributed by atoms with van der Waals surface area (Å²) < 4.78 is 6.58. The summed E-state index contributed by atoms with van der Waals surface area (Å²) in [6, 6.07) is 13.7. The van der Waals surface area contributed by atoms with Crippen LogP contribution in [0.4, 0.5) is 5.69 Å². The van der Waals surface area contributed by atoms with Crippen LogP contribution in [-0.4, -0.2) is 44.8 Å². The number of aliphatic hydroxyl groups is 1. The fourth-order valence-electron chi connectivity index (χ4n) is 3.10. The zero-order valence-electron chi connectivity index (χ0n) is 19.0. The van der Waals surface area contributed by atoms with Gasteiger partial charge in [-0.05, 0) is 36.8 Å². The molecule has 0 spiro atoms. The van der Waals surface area contributed by atoms with E-state index in [4.69, 9.17) is 16.3 Å². The first-order chi connectivity index (χ1) is 16.9. The summed E-state index contributed by atoms with van der Waals surface area (Å²) in [5.74, 6) is -1.18. The molecule has 9 nitrogen and oxygen atoms in total.